The van der Waals surface area contributed by atoms with Gasteiger partial charge >= 0.3 is 0 Å². The molecule has 1 aromatic rings. The van der Waals surface area contributed by atoms with Gasteiger partial charge in [-0.25, -0.2) is 0 Å². The van der Waals surface area contributed by atoms with Crippen molar-refractivity contribution in [1.29, 1.82) is 5.26 Å². The summed E-state index contributed by atoms with van der Waals surface area (Å²) in [6.45, 7) is 9.77. The topological polar surface area (TPSA) is 88.1 Å². The van der Waals surface area contributed by atoms with Crippen molar-refractivity contribution in [2.45, 2.75) is 76.4 Å². The molecule has 0 saturated heterocycles. The Kier molecular flexibility index (Phi) is 4.22. The van der Waals surface area contributed by atoms with Crippen LogP contribution in [0.4, 0.5) is 0 Å². The first-order valence-corrected chi connectivity index (χ1v) is 11.9. The van der Waals surface area contributed by atoms with Crippen molar-refractivity contribution in [3.05, 3.63) is 28.3 Å². The summed E-state index contributed by atoms with van der Waals surface area (Å²) < 4.78 is 7.14. The summed E-state index contributed by atoms with van der Waals surface area (Å²) >= 11 is 3.92. The molecule has 2 saturated carbocycles. The van der Waals surface area contributed by atoms with Crippen LogP contribution in [0, 0.1) is 34.0 Å². The van der Waals surface area contributed by atoms with Gasteiger partial charge in [0.2, 0.25) is 0 Å². The Balaban J connectivity index is 1.77. The number of carbonyl (C=O) groups excluding carboxylic acids is 1. The maximum Gasteiger partial charge on any atom is 0.252 e. The third kappa shape index (κ3) is 2.29. The van der Waals surface area contributed by atoms with Gasteiger partial charge < -0.3 is 15.8 Å². The predicted molar refractivity (Wildman–Crippen MR) is 118 cm³/mol. The standard InChI is InChI=1S/C24H30BrN3O2/c1-12-5-6-18-22(2,3)20(25)17(27)9-24(18)23(12,4)8-15-13(10-26)7-14-16(19(15)30-24)11-28-21(14)29/h7,12,17-18,20H,5-6,8-9,11,27H2,1-4H3,(H,28,29)/t12-,17?,18-,20?,23+,24-/m0/s1. The molecule has 3 N–H and O–H groups in total. The molecule has 4 aliphatic rings. The van der Waals surface area contributed by atoms with E-state index in [4.69, 9.17) is 10.5 Å². The van der Waals surface area contributed by atoms with E-state index in [0.29, 0.717) is 29.5 Å². The summed E-state index contributed by atoms with van der Waals surface area (Å²) in [5.74, 6) is 1.45. The van der Waals surface area contributed by atoms with Crippen LogP contribution in [-0.4, -0.2) is 22.4 Å². The molecule has 1 spiro atoms. The van der Waals surface area contributed by atoms with Gasteiger partial charge in [0, 0.05) is 51.9 Å². The highest BCUT2D eigenvalue weighted by atomic mass is 79.9. The number of fused-ring (bicyclic) bond motifs is 3. The van der Waals surface area contributed by atoms with Crippen molar-refractivity contribution in [1.82, 2.24) is 5.32 Å². The van der Waals surface area contributed by atoms with E-state index < -0.39 is 5.60 Å². The van der Waals surface area contributed by atoms with Crippen molar-refractivity contribution in [2.75, 3.05) is 0 Å². The highest BCUT2D eigenvalue weighted by Crippen LogP contribution is 2.67. The van der Waals surface area contributed by atoms with Crippen molar-refractivity contribution in [3.63, 3.8) is 0 Å². The molecule has 6 heteroatoms. The molecule has 1 amide bonds. The molecule has 30 heavy (non-hydrogen) atoms. The van der Waals surface area contributed by atoms with Crippen LogP contribution in [0.25, 0.3) is 0 Å². The average Bonchev–Trinajstić information content (AvgIpc) is 3.06. The number of nitrogens with zero attached hydrogens (tertiary/aromatic N) is 1. The normalized spacial score (nSPS) is 40.8. The molecule has 1 aromatic carbocycles. The third-order valence-corrected chi connectivity index (χ3v) is 11.0. The largest absolute Gasteiger partial charge is 0.486 e. The molecule has 0 aromatic heterocycles. The monoisotopic (exact) mass is 471 g/mol. The first-order valence-electron chi connectivity index (χ1n) is 11.0. The van der Waals surface area contributed by atoms with Gasteiger partial charge in [-0.15, -0.1) is 0 Å². The third-order valence-electron chi connectivity index (χ3n) is 9.14. The Morgan fingerprint density at radius 2 is 2.03 bits per heavy atom. The Morgan fingerprint density at radius 3 is 2.73 bits per heavy atom. The molecule has 5 rings (SSSR count). The van der Waals surface area contributed by atoms with E-state index in [1.165, 1.54) is 0 Å². The molecular formula is C24H30BrN3O2. The number of hydrogen-bond acceptors (Lipinski definition) is 4. The van der Waals surface area contributed by atoms with Gasteiger partial charge in [0.25, 0.3) is 5.91 Å². The fraction of sp³-hybridized carbons (Fsp3) is 0.667. The molecule has 2 aliphatic heterocycles. The molecule has 5 nitrogen and oxygen atoms in total. The molecule has 2 fully saturated rings. The number of nitrogens with one attached hydrogen (secondary N) is 1. The van der Waals surface area contributed by atoms with Crippen molar-refractivity contribution >= 4 is 21.8 Å². The molecule has 2 heterocycles. The number of halogens is 1. The van der Waals surface area contributed by atoms with E-state index in [0.717, 1.165) is 42.6 Å². The maximum absolute atomic E-state index is 12.4. The Labute approximate surface area is 186 Å². The average molecular weight is 472 g/mol. The van der Waals surface area contributed by atoms with Crippen molar-refractivity contribution in [2.24, 2.45) is 28.4 Å². The number of ether oxygens (including phenoxy) is 1. The summed E-state index contributed by atoms with van der Waals surface area (Å²) in [6.07, 6.45) is 3.82. The molecule has 0 radical (unpaired) electrons. The van der Waals surface area contributed by atoms with Crippen molar-refractivity contribution < 1.29 is 9.53 Å². The first kappa shape index (κ1) is 20.3. The van der Waals surface area contributed by atoms with Gasteiger partial charge in [0.05, 0.1) is 11.6 Å². The van der Waals surface area contributed by atoms with Gasteiger partial charge in [0.1, 0.15) is 11.4 Å². The lowest BCUT2D eigenvalue weighted by molar-refractivity contribution is -0.211. The molecule has 160 valence electrons. The number of carbonyl (C=O) groups is 1. The summed E-state index contributed by atoms with van der Waals surface area (Å²) in [7, 11) is 0. The number of alkyl halides is 1. The van der Waals surface area contributed by atoms with Crippen LogP contribution in [0.2, 0.25) is 0 Å². The lowest BCUT2D eigenvalue weighted by Gasteiger charge is -2.68. The molecule has 6 atom stereocenters. The summed E-state index contributed by atoms with van der Waals surface area (Å²) in [5.41, 5.74) is 9.22. The predicted octanol–water partition coefficient (Wildman–Crippen LogP) is 4.05. The van der Waals surface area contributed by atoms with Gasteiger partial charge in [-0.1, -0.05) is 43.6 Å². The van der Waals surface area contributed by atoms with E-state index in [2.05, 4.69) is 55.0 Å². The van der Waals surface area contributed by atoms with Crippen LogP contribution >= 0.6 is 15.9 Å². The summed E-state index contributed by atoms with van der Waals surface area (Å²) in [6, 6.07) is 4.08. The van der Waals surface area contributed by atoms with Gasteiger partial charge in [0.15, 0.2) is 0 Å². The van der Waals surface area contributed by atoms with E-state index in [1.54, 1.807) is 6.07 Å². The minimum Gasteiger partial charge on any atom is -0.486 e. The van der Waals surface area contributed by atoms with Gasteiger partial charge in [-0.05, 0) is 36.7 Å². The van der Waals surface area contributed by atoms with Crippen LogP contribution in [-0.2, 0) is 13.0 Å². The second kappa shape index (κ2) is 6.23. The summed E-state index contributed by atoms with van der Waals surface area (Å²) in [4.78, 5) is 12.6. The fourth-order valence-electron chi connectivity index (χ4n) is 7.22. The second-order valence-corrected chi connectivity index (χ2v) is 11.7. The lowest BCUT2D eigenvalue weighted by Crippen LogP contribution is -2.73. The number of nitriles is 1. The molecule has 2 aliphatic carbocycles. The van der Waals surface area contributed by atoms with Gasteiger partial charge in [-0.3, -0.25) is 4.79 Å². The van der Waals surface area contributed by atoms with E-state index >= 15 is 0 Å². The number of benzene rings is 1. The van der Waals surface area contributed by atoms with E-state index in [-0.39, 0.29) is 27.6 Å². The molecule has 2 unspecified atom stereocenters. The molecule has 0 bridgehead atoms. The minimum absolute atomic E-state index is 0.0191. The highest BCUT2D eigenvalue weighted by molar-refractivity contribution is 9.09. The van der Waals surface area contributed by atoms with Crippen LogP contribution in [0.5, 0.6) is 5.75 Å². The zero-order chi connectivity index (χ0) is 21.6. The zero-order valence-corrected chi connectivity index (χ0v) is 19.7. The number of nitrogens with two attached hydrogens (primary N) is 1. The summed E-state index contributed by atoms with van der Waals surface area (Å²) in [5, 5.41) is 12.8. The van der Waals surface area contributed by atoms with E-state index in [9.17, 15) is 10.1 Å². The highest BCUT2D eigenvalue weighted by Gasteiger charge is 2.69. The lowest BCUT2D eigenvalue weighted by atomic mass is 9.43. The van der Waals surface area contributed by atoms with E-state index in [1.807, 2.05) is 0 Å². The Hall–Kier alpha value is -1.58. The molecular weight excluding hydrogens is 442 g/mol. The van der Waals surface area contributed by atoms with Crippen molar-refractivity contribution in [3.8, 4) is 11.8 Å². The van der Waals surface area contributed by atoms with Crippen LogP contribution < -0.4 is 15.8 Å². The number of amides is 1. The Bertz CT molecular complexity index is 999. The number of hydrogen-bond donors (Lipinski definition) is 2. The zero-order valence-electron chi connectivity index (χ0n) is 18.1. The minimum atomic E-state index is -0.404. The van der Waals surface area contributed by atoms with Crippen LogP contribution in [0.15, 0.2) is 6.07 Å². The first-order chi connectivity index (χ1) is 14.1. The second-order valence-electron chi connectivity index (χ2n) is 10.8. The smallest absolute Gasteiger partial charge is 0.252 e. The van der Waals surface area contributed by atoms with Crippen LogP contribution in [0.3, 0.4) is 0 Å². The fourth-order valence-corrected chi connectivity index (χ4v) is 7.72. The quantitative estimate of drug-likeness (QED) is 0.558. The van der Waals surface area contributed by atoms with Gasteiger partial charge in [-0.2, -0.15) is 5.26 Å². The number of rotatable bonds is 0. The SMILES string of the molecule is C[C@H]1CC[C@H]2C(C)(C)C(Br)C(N)C[C@]23Oc2c(c(C#N)cc4c2CNC4=O)C[C@]13C. The maximum atomic E-state index is 12.4. The Morgan fingerprint density at radius 1 is 1.30 bits per heavy atom. The van der Waals surface area contributed by atoms with Crippen LogP contribution in [0.1, 0.15) is 74.0 Å².